The van der Waals surface area contributed by atoms with Crippen LogP contribution in [0.25, 0.3) is 11.1 Å². The van der Waals surface area contributed by atoms with E-state index >= 15 is 0 Å². The number of hydrogen-bond donors (Lipinski definition) is 2. The molecule has 3 heterocycles. The third kappa shape index (κ3) is 5.15. The SMILES string of the molecule is C[C@H](Oc1cc(-c2cnn(C(C)(C)CN3CCC(O)C3)c2)cnc1N)c1c(Cl)ccc(F)c1Cl. The van der Waals surface area contributed by atoms with Crippen molar-refractivity contribution >= 4 is 29.0 Å². The van der Waals surface area contributed by atoms with Crippen LogP contribution in [0.5, 0.6) is 5.75 Å². The summed E-state index contributed by atoms with van der Waals surface area (Å²) in [4.78, 5) is 6.51. The summed E-state index contributed by atoms with van der Waals surface area (Å²) in [6, 6.07) is 4.42. The van der Waals surface area contributed by atoms with Gasteiger partial charge in [-0.1, -0.05) is 23.2 Å². The minimum Gasteiger partial charge on any atom is -0.482 e. The summed E-state index contributed by atoms with van der Waals surface area (Å²) in [5.74, 6) is -0.0474. The Labute approximate surface area is 208 Å². The van der Waals surface area contributed by atoms with Crippen LogP contribution in [0.4, 0.5) is 10.2 Å². The lowest BCUT2D eigenvalue weighted by molar-refractivity contribution is 0.151. The van der Waals surface area contributed by atoms with E-state index in [-0.39, 0.29) is 22.5 Å². The number of rotatable bonds is 7. The average molecular weight is 508 g/mol. The van der Waals surface area contributed by atoms with Gasteiger partial charge in [-0.3, -0.25) is 9.58 Å². The molecule has 1 aliphatic rings. The lowest BCUT2D eigenvalue weighted by atomic mass is 10.1. The number of aromatic nitrogens is 3. The second kappa shape index (κ2) is 9.70. The van der Waals surface area contributed by atoms with Crippen molar-refractivity contribution in [1.82, 2.24) is 19.7 Å². The number of aliphatic hydroxyl groups excluding tert-OH is 1. The van der Waals surface area contributed by atoms with Crippen LogP contribution in [0.3, 0.4) is 0 Å². The molecule has 10 heteroatoms. The Kier molecular flexibility index (Phi) is 7.05. The monoisotopic (exact) mass is 507 g/mol. The number of benzene rings is 1. The molecule has 0 amide bonds. The highest BCUT2D eigenvalue weighted by atomic mass is 35.5. The van der Waals surface area contributed by atoms with Gasteiger partial charge >= 0.3 is 0 Å². The fourth-order valence-electron chi connectivity index (χ4n) is 4.25. The molecule has 3 N–H and O–H groups in total. The number of likely N-dealkylation sites (tertiary alicyclic amines) is 1. The Morgan fingerprint density at radius 1 is 1.29 bits per heavy atom. The van der Waals surface area contributed by atoms with Crippen molar-refractivity contribution in [1.29, 1.82) is 0 Å². The summed E-state index contributed by atoms with van der Waals surface area (Å²) in [6.45, 7) is 8.26. The van der Waals surface area contributed by atoms with E-state index in [1.54, 1.807) is 25.4 Å². The van der Waals surface area contributed by atoms with Crippen LogP contribution in [-0.4, -0.2) is 50.5 Å². The zero-order valence-corrected chi connectivity index (χ0v) is 20.8. The highest BCUT2D eigenvalue weighted by Crippen LogP contribution is 2.37. The van der Waals surface area contributed by atoms with Gasteiger partial charge in [-0.25, -0.2) is 9.37 Å². The molecule has 0 saturated carbocycles. The van der Waals surface area contributed by atoms with Gasteiger partial charge < -0.3 is 15.6 Å². The topological polar surface area (TPSA) is 89.4 Å². The molecule has 0 spiro atoms. The lowest BCUT2D eigenvalue weighted by Gasteiger charge is -2.30. The predicted molar refractivity (Wildman–Crippen MR) is 132 cm³/mol. The summed E-state index contributed by atoms with van der Waals surface area (Å²) >= 11 is 12.4. The largest absolute Gasteiger partial charge is 0.482 e. The van der Waals surface area contributed by atoms with E-state index in [1.807, 2.05) is 10.9 Å². The molecule has 2 aromatic heterocycles. The molecule has 4 rings (SSSR count). The van der Waals surface area contributed by atoms with Crippen molar-refractivity contribution < 1.29 is 14.2 Å². The molecule has 0 radical (unpaired) electrons. The molecule has 1 saturated heterocycles. The molecule has 34 heavy (non-hydrogen) atoms. The zero-order chi connectivity index (χ0) is 24.6. The number of β-amino-alcohol motifs (C(OH)–C–C–N with tert-alkyl or cyclic N) is 1. The van der Waals surface area contributed by atoms with Gasteiger partial charge in [0, 0.05) is 53.7 Å². The molecule has 0 bridgehead atoms. The van der Waals surface area contributed by atoms with Crippen molar-refractivity contribution in [3.8, 4) is 16.9 Å². The lowest BCUT2D eigenvalue weighted by Crippen LogP contribution is -2.40. The maximum atomic E-state index is 14.0. The van der Waals surface area contributed by atoms with Gasteiger partial charge in [0.15, 0.2) is 11.6 Å². The summed E-state index contributed by atoms with van der Waals surface area (Å²) in [5.41, 5.74) is 7.74. The molecule has 3 aromatic rings. The van der Waals surface area contributed by atoms with E-state index in [0.29, 0.717) is 22.9 Å². The second-order valence-corrected chi connectivity index (χ2v) is 10.1. The van der Waals surface area contributed by atoms with Crippen LogP contribution in [0.2, 0.25) is 10.0 Å². The Balaban J connectivity index is 1.55. The fraction of sp³-hybridized carbons (Fsp3) is 0.417. The quantitative estimate of drug-likeness (QED) is 0.441. The van der Waals surface area contributed by atoms with Crippen molar-refractivity contribution in [3.05, 3.63) is 58.2 Å². The molecule has 1 aliphatic heterocycles. The molecule has 7 nitrogen and oxygen atoms in total. The Hall–Kier alpha value is -2.39. The van der Waals surface area contributed by atoms with Crippen LogP contribution in [0.15, 0.2) is 36.8 Å². The van der Waals surface area contributed by atoms with E-state index in [1.165, 1.54) is 12.1 Å². The standard InChI is InChI=1S/C24H28Cl2FN5O2/c1-14(21-18(25)4-5-19(27)22(21)26)34-20-8-15(9-29-23(20)28)16-10-30-32(11-16)24(2,3)13-31-7-6-17(33)12-31/h4-5,8-11,14,17,33H,6-7,12-13H2,1-3H3,(H2,28,29)/t14-,17?/m0/s1. The molecule has 0 aliphatic carbocycles. The van der Waals surface area contributed by atoms with E-state index < -0.39 is 11.9 Å². The number of nitrogens with zero attached hydrogens (tertiary/aromatic N) is 4. The van der Waals surface area contributed by atoms with Gasteiger partial charge in [-0.05, 0) is 45.4 Å². The molecular weight excluding hydrogens is 480 g/mol. The number of hydrogen-bond acceptors (Lipinski definition) is 6. The summed E-state index contributed by atoms with van der Waals surface area (Å²) in [5, 5.41) is 14.6. The maximum absolute atomic E-state index is 14.0. The van der Waals surface area contributed by atoms with Crippen molar-refractivity contribution in [3.63, 3.8) is 0 Å². The first-order valence-electron chi connectivity index (χ1n) is 11.1. The van der Waals surface area contributed by atoms with E-state index in [0.717, 1.165) is 30.6 Å². The first-order chi connectivity index (χ1) is 16.0. The predicted octanol–water partition coefficient (Wildman–Crippen LogP) is 4.91. The van der Waals surface area contributed by atoms with E-state index in [4.69, 9.17) is 33.7 Å². The number of nitrogen functional groups attached to an aromatic ring is 1. The van der Waals surface area contributed by atoms with Crippen LogP contribution in [0.1, 0.15) is 38.9 Å². The minimum absolute atomic E-state index is 0.0864. The number of nitrogens with two attached hydrogens (primary N) is 1. The summed E-state index contributed by atoms with van der Waals surface area (Å²) in [6.07, 6.45) is 5.25. The molecule has 1 fully saturated rings. The molecule has 182 valence electrons. The third-order valence-corrected chi connectivity index (χ3v) is 6.78. The number of aliphatic hydroxyl groups is 1. The smallest absolute Gasteiger partial charge is 0.166 e. The highest BCUT2D eigenvalue weighted by molar-refractivity contribution is 6.36. The van der Waals surface area contributed by atoms with Gasteiger partial charge in [-0.15, -0.1) is 0 Å². The first kappa shape index (κ1) is 24.7. The highest BCUT2D eigenvalue weighted by Gasteiger charge is 2.29. The van der Waals surface area contributed by atoms with Gasteiger partial charge in [0.1, 0.15) is 11.9 Å². The molecular formula is C24H28Cl2FN5O2. The van der Waals surface area contributed by atoms with Crippen LogP contribution in [-0.2, 0) is 5.54 Å². The van der Waals surface area contributed by atoms with Gasteiger partial charge in [0.2, 0.25) is 0 Å². The minimum atomic E-state index is -0.660. The molecule has 2 atom stereocenters. The van der Waals surface area contributed by atoms with Gasteiger partial charge in [0.05, 0.1) is 22.9 Å². The van der Waals surface area contributed by atoms with Crippen LogP contribution < -0.4 is 10.5 Å². The van der Waals surface area contributed by atoms with Crippen LogP contribution in [0, 0.1) is 5.82 Å². The third-order valence-electron chi connectivity index (χ3n) is 6.07. The van der Waals surface area contributed by atoms with Crippen LogP contribution >= 0.6 is 23.2 Å². The van der Waals surface area contributed by atoms with Crippen molar-refractivity contribution in [2.24, 2.45) is 0 Å². The summed E-state index contributed by atoms with van der Waals surface area (Å²) in [7, 11) is 0. The summed E-state index contributed by atoms with van der Waals surface area (Å²) < 4.78 is 21.9. The first-order valence-corrected chi connectivity index (χ1v) is 11.8. The normalized spacial score (nSPS) is 17.8. The van der Waals surface area contributed by atoms with Gasteiger partial charge in [0.25, 0.3) is 0 Å². The molecule has 1 aromatic carbocycles. The van der Waals surface area contributed by atoms with Crippen molar-refractivity contribution in [2.75, 3.05) is 25.4 Å². The van der Waals surface area contributed by atoms with E-state index in [9.17, 15) is 9.50 Å². The average Bonchev–Trinajstić information content (AvgIpc) is 3.42. The van der Waals surface area contributed by atoms with E-state index in [2.05, 4.69) is 28.8 Å². The number of halogens is 3. The van der Waals surface area contributed by atoms with Crippen molar-refractivity contribution in [2.45, 2.75) is 44.9 Å². The second-order valence-electron chi connectivity index (χ2n) is 9.29. The number of ether oxygens (including phenoxy) is 1. The zero-order valence-electron chi connectivity index (χ0n) is 19.3. The molecule has 1 unspecified atom stereocenters. The Morgan fingerprint density at radius 3 is 2.76 bits per heavy atom. The Morgan fingerprint density at radius 2 is 2.06 bits per heavy atom. The Bertz CT molecular complexity index is 1190. The number of pyridine rings is 1. The maximum Gasteiger partial charge on any atom is 0.166 e. The van der Waals surface area contributed by atoms with Gasteiger partial charge in [-0.2, -0.15) is 5.10 Å². The fourth-order valence-corrected chi connectivity index (χ4v) is 4.93. The number of anilines is 1.